The van der Waals surface area contributed by atoms with E-state index in [9.17, 15) is 4.79 Å². The van der Waals surface area contributed by atoms with Gasteiger partial charge in [0.05, 0.1) is 0 Å². The molecule has 0 spiro atoms. The van der Waals surface area contributed by atoms with Gasteiger partial charge >= 0.3 is 6.16 Å². The first-order valence-electron chi connectivity index (χ1n) is 8.66. The van der Waals surface area contributed by atoms with E-state index in [-0.39, 0.29) is 0 Å². The number of hydrogen-bond donors (Lipinski definition) is 0. The second kappa shape index (κ2) is 13.4. The van der Waals surface area contributed by atoms with Crippen molar-refractivity contribution >= 4 is 6.16 Å². The van der Waals surface area contributed by atoms with Gasteiger partial charge in [-0.2, -0.15) is 0 Å². The summed E-state index contributed by atoms with van der Waals surface area (Å²) in [5.74, 6) is 0.923. The Kier molecular flexibility index (Phi) is 9.77. The smallest absolute Gasteiger partial charge is 0.395 e. The molecule has 0 bridgehead atoms. The second-order valence-electron chi connectivity index (χ2n) is 5.23. The summed E-state index contributed by atoms with van der Waals surface area (Å²) in [6.07, 6.45) is -0.739. The highest BCUT2D eigenvalue weighted by Gasteiger charge is 2.06. The molecule has 0 saturated carbocycles. The van der Waals surface area contributed by atoms with Gasteiger partial charge < -0.3 is 9.47 Å². The lowest BCUT2D eigenvalue weighted by Crippen LogP contribution is -2.13. The van der Waals surface area contributed by atoms with E-state index < -0.39 is 6.16 Å². The molecule has 0 atom stereocenters. The fourth-order valence-electron chi connectivity index (χ4n) is 1.87. The lowest BCUT2D eigenvalue weighted by molar-refractivity contribution is 0.152. The van der Waals surface area contributed by atoms with Gasteiger partial charge in [0.1, 0.15) is 11.5 Å². The molecule has 4 aromatic rings. The van der Waals surface area contributed by atoms with Crippen molar-refractivity contribution in [2.75, 3.05) is 0 Å². The van der Waals surface area contributed by atoms with Crippen molar-refractivity contribution in [3.05, 3.63) is 133 Å². The van der Waals surface area contributed by atoms with Gasteiger partial charge in [-0.25, -0.2) is 4.79 Å². The van der Waals surface area contributed by atoms with E-state index in [0.29, 0.717) is 11.5 Å². The molecule has 28 heavy (non-hydrogen) atoms. The van der Waals surface area contributed by atoms with E-state index in [1.165, 1.54) is 0 Å². The van der Waals surface area contributed by atoms with Crippen LogP contribution in [-0.2, 0) is 0 Å². The number of hydrogen-bond acceptors (Lipinski definition) is 3. The number of para-hydroxylation sites is 2. The standard InChI is InChI=1S/C13H10O3.2C6H5/c14-13(15-11-7-3-1-4-8-11)16-12-9-5-2-6-10-12;2*1-2-4-6-5-3-1/h1-10H;2*1-5H. The normalized spacial score (nSPS) is 8.86. The van der Waals surface area contributed by atoms with Crippen LogP contribution in [0.5, 0.6) is 11.5 Å². The fraction of sp³-hybridized carbons (Fsp3) is 0. The number of carbonyl (C=O) groups excluding carboxylic acids is 1. The summed E-state index contributed by atoms with van der Waals surface area (Å²) in [7, 11) is 0. The largest absolute Gasteiger partial charge is 0.519 e. The molecule has 138 valence electrons. The predicted molar refractivity (Wildman–Crippen MR) is 110 cm³/mol. The van der Waals surface area contributed by atoms with Gasteiger partial charge in [0, 0.05) is 0 Å². The van der Waals surface area contributed by atoms with Crippen molar-refractivity contribution in [1.82, 2.24) is 0 Å². The monoisotopic (exact) mass is 368 g/mol. The van der Waals surface area contributed by atoms with Gasteiger partial charge in [-0.1, -0.05) is 97.1 Å². The van der Waals surface area contributed by atoms with Crippen LogP contribution in [0.3, 0.4) is 0 Å². The predicted octanol–water partition coefficient (Wildman–Crippen LogP) is 6.24. The van der Waals surface area contributed by atoms with Crippen LogP contribution in [0.4, 0.5) is 4.79 Å². The van der Waals surface area contributed by atoms with Crippen molar-refractivity contribution in [1.29, 1.82) is 0 Å². The molecule has 4 aromatic carbocycles. The maximum Gasteiger partial charge on any atom is 0.519 e. The molecule has 0 fully saturated rings. The van der Waals surface area contributed by atoms with Gasteiger partial charge in [0.15, 0.2) is 0 Å². The topological polar surface area (TPSA) is 35.5 Å². The van der Waals surface area contributed by atoms with Crippen LogP contribution in [0.1, 0.15) is 0 Å². The Morgan fingerprint density at radius 3 is 1.07 bits per heavy atom. The molecule has 0 amide bonds. The first kappa shape index (κ1) is 20.5. The van der Waals surface area contributed by atoms with Crippen molar-refractivity contribution < 1.29 is 14.3 Å². The van der Waals surface area contributed by atoms with Gasteiger partial charge in [0.25, 0.3) is 0 Å². The van der Waals surface area contributed by atoms with Crippen LogP contribution < -0.4 is 9.47 Å². The molecule has 2 radical (unpaired) electrons. The summed E-state index contributed by atoms with van der Waals surface area (Å²) in [4.78, 5) is 11.3. The van der Waals surface area contributed by atoms with E-state index >= 15 is 0 Å². The van der Waals surface area contributed by atoms with E-state index in [1.54, 1.807) is 48.5 Å². The Bertz CT molecular complexity index is 736. The summed E-state index contributed by atoms with van der Waals surface area (Å²) in [6, 6.07) is 42.6. The molecule has 3 heteroatoms. The van der Waals surface area contributed by atoms with Crippen molar-refractivity contribution in [2.45, 2.75) is 0 Å². The summed E-state index contributed by atoms with van der Waals surface area (Å²) in [5, 5.41) is 0. The van der Waals surface area contributed by atoms with Crippen LogP contribution in [0.2, 0.25) is 0 Å². The third-order valence-corrected chi connectivity index (χ3v) is 3.10. The van der Waals surface area contributed by atoms with Gasteiger partial charge in [-0.3, -0.25) is 0 Å². The SMILES string of the molecule is O=C(Oc1ccccc1)Oc1ccccc1.[c]1ccccc1.[c]1ccccc1. The Balaban J connectivity index is 0.000000190. The number of carbonyl (C=O) groups is 1. The molecule has 0 aromatic heterocycles. The van der Waals surface area contributed by atoms with Crippen LogP contribution in [0, 0.1) is 12.1 Å². The molecular weight excluding hydrogens is 348 g/mol. The molecule has 0 aliphatic heterocycles. The quantitative estimate of drug-likeness (QED) is 0.310. The Morgan fingerprint density at radius 2 is 0.821 bits per heavy atom. The first-order valence-corrected chi connectivity index (χ1v) is 8.66. The minimum absolute atomic E-state index is 0.462. The third-order valence-electron chi connectivity index (χ3n) is 3.10. The number of benzene rings is 4. The summed E-state index contributed by atoms with van der Waals surface area (Å²) < 4.78 is 9.91. The summed E-state index contributed by atoms with van der Waals surface area (Å²) in [6.45, 7) is 0. The highest BCUT2D eigenvalue weighted by Crippen LogP contribution is 2.12. The highest BCUT2D eigenvalue weighted by molar-refractivity contribution is 5.66. The van der Waals surface area contributed by atoms with E-state index in [1.807, 2.05) is 72.8 Å². The molecular formula is C25H20O3. The average molecular weight is 368 g/mol. The lowest BCUT2D eigenvalue weighted by Gasteiger charge is -2.04. The Hall–Kier alpha value is -3.85. The Morgan fingerprint density at radius 1 is 0.500 bits per heavy atom. The van der Waals surface area contributed by atoms with Gasteiger partial charge in [-0.05, 0) is 36.4 Å². The second-order valence-corrected chi connectivity index (χ2v) is 5.23. The zero-order chi connectivity index (χ0) is 19.7. The minimum Gasteiger partial charge on any atom is -0.395 e. The summed E-state index contributed by atoms with van der Waals surface area (Å²) >= 11 is 0. The van der Waals surface area contributed by atoms with Crippen LogP contribution in [-0.4, -0.2) is 6.16 Å². The molecule has 0 unspecified atom stereocenters. The molecule has 0 heterocycles. The van der Waals surface area contributed by atoms with Crippen LogP contribution in [0.25, 0.3) is 0 Å². The van der Waals surface area contributed by atoms with Crippen LogP contribution in [0.15, 0.2) is 121 Å². The molecule has 4 rings (SSSR count). The maximum absolute atomic E-state index is 11.3. The highest BCUT2D eigenvalue weighted by atomic mass is 16.7. The molecule has 0 N–H and O–H groups in total. The third kappa shape index (κ3) is 9.59. The molecule has 0 aliphatic rings. The molecule has 0 aliphatic carbocycles. The molecule has 0 saturated heterocycles. The van der Waals surface area contributed by atoms with E-state index in [2.05, 4.69) is 12.1 Å². The van der Waals surface area contributed by atoms with Gasteiger partial charge in [0.2, 0.25) is 0 Å². The van der Waals surface area contributed by atoms with Crippen molar-refractivity contribution in [2.24, 2.45) is 0 Å². The number of ether oxygens (including phenoxy) is 2. The summed E-state index contributed by atoms with van der Waals surface area (Å²) in [5.41, 5.74) is 0. The van der Waals surface area contributed by atoms with E-state index in [0.717, 1.165) is 0 Å². The zero-order valence-electron chi connectivity index (χ0n) is 15.3. The van der Waals surface area contributed by atoms with Crippen molar-refractivity contribution in [3.8, 4) is 11.5 Å². The van der Waals surface area contributed by atoms with E-state index in [4.69, 9.17) is 9.47 Å². The Labute approximate surface area is 165 Å². The zero-order valence-corrected chi connectivity index (χ0v) is 15.3. The molecule has 3 nitrogen and oxygen atoms in total. The first-order chi connectivity index (χ1) is 13.8. The lowest BCUT2D eigenvalue weighted by atomic mass is 10.3. The average Bonchev–Trinajstić information content (AvgIpc) is 2.78. The number of rotatable bonds is 2. The fourth-order valence-corrected chi connectivity index (χ4v) is 1.87. The van der Waals surface area contributed by atoms with Crippen LogP contribution >= 0.6 is 0 Å². The maximum atomic E-state index is 11.3. The van der Waals surface area contributed by atoms with Crippen molar-refractivity contribution in [3.63, 3.8) is 0 Å². The minimum atomic E-state index is -0.739. The van der Waals surface area contributed by atoms with Gasteiger partial charge in [-0.15, -0.1) is 0 Å².